The standard InChI is InChI=1S/C19H18ClN3O2/c20-15-8-6-14(7-9-15)18-10-11-21-23(18)19(24)22-12-17(13-22)25-16-4-2-1-3-5-16/h1-9,11,17-18H,10,12-13H2. The monoisotopic (exact) mass is 355 g/mol. The summed E-state index contributed by atoms with van der Waals surface area (Å²) >= 11 is 5.95. The summed E-state index contributed by atoms with van der Waals surface area (Å²) in [5, 5.41) is 6.51. The molecular weight excluding hydrogens is 338 g/mol. The number of ether oxygens (including phenoxy) is 1. The molecule has 0 aromatic heterocycles. The number of hydrogen-bond donors (Lipinski definition) is 0. The van der Waals surface area contributed by atoms with Crippen LogP contribution in [0.15, 0.2) is 59.7 Å². The Balaban J connectivity index is 1.36. The Labute approximate surface area is 151 Å². The SMILES string of the molecule is O=C(N1CC(Oc2ccccc2)C1)N1N=CCC1c1ccc(Cl)cc1. The van der Waals surface area contributed by atoms with Gasteiger partial charge in [-0.15, -0.1) is 0 Å². The molecule has 1 saturated heterocycles. The molecule has 0 spiro atoms. The first-order valence-corrected chi connectivity index (χ1v) is 8.66. The van der Waals surface area contributed by atoms with Gasteiger partial charge in [-0.1, -0.05) is 41.9 Å². The lowest BCUT2D eigenvalue weighted by atomic mass is 10.0. The molecule has 2 aromatic carbocycles. The van der Waals surface area contributed by atoms with Gasteiger partial charge in [0.05, 0.1) is 19.1 Å². The van der Waals surface area contributed by atoms with Crippen LogP contribution in [0.3, 0.4) is 0 Å². The second kappa shape index (κ2) is 6.76. The van der Waals surface area contributed by atoms with E-state index in [1.165, 1.54) is 0 Å². The van der Waals surface area contributed by atoms with E-state index in [9.17, 15) is 4.79 Å². The number of para-hydroxylation sites is 1. The summed E-state index contributed by atoms with van der Waals surface area (Å²) in [4.78, 5) is 14.5. The van der Waals surface area contributed by atoms with Crippen LogP contribution >= 0.6 is 11.6 Å². The maximum atomic E-state index is 12.7. The zero-order valence-electron chi connectivity index (χ0n) is 13.6. The fraction of sp³-hybridized carbons (Fsp3) is 0.263. The molecule has 2 amide bonds. The molecule has 4 rings (SSSR count). The van der Waals surface area contributed by atoms with Gasteiger partial charge in [-0.25, -0.2) is 9.80 Å². The van der Waals surface area contributed by atoms with Crippen molar-refractivity contribution in [1.82, 2.24) is 9.91 Å². The van der Waals surface area contributed by atoms with Crippen LogP contribution in [0.5, 0.6) is 5.75 Å². The van der Waals surface area contributed by atoms with Crippen LogP contribution in [0, 0.1) is 0 Å². The van der Waals surface area contributed by atoms with E-state index in [2.05, 4.69) is 5.10 Å². The lowest BCUT2D eigenvalue weighted by Crippen LogP contribution is -2.58. The molecule has 0 saturated carbocycles. The lowest BCUT2D eigenvalue weighted by Gasteiger charge is -2.41. The van der Waals surface area contributed by atoms with Crippen molar-refractivity contribution in [2.24, 2.45) is 5.10 Å². The molecule has 128 valence electrons. The molecule has 25 heavy (non-hydrogen) atoms. The van der Waals surface area contributed by atoms with E-state index >= 15 is 0 Å². The third-order valence-electron chi connectivity index (χ3n) is 4.45. The second-order valence-electron chi connectivity index (χ2n) is 6.19. The van der Waals surface area contributed by atoms with Crippen molar-refractivity contribution in [2.45, 2.75) is 18.6 Å². The van der Waals surface area contributed by atoms with Gasteiger partial charge in [0.1, 0.15) is 11.9 Å². The van der Waals surface area contributed by atoms with E-state index in [0.29, 0.717) is 24.5 Å². The van der Waals surface area contributed by atoms with Crippen molar-refractivity contribution >= 4 is 23.8 Å². The molecule has 1 fully saturated rings. The fourth-order valence-corrected chi connectivity index (χ4v) is 3.19. The Kier molecular flexibility index (Phi) is 4.32. The summed E-state index contributed by atoms with van der Waals surface area (Å²) in [5.74, 6) is 0.831. The number of rotatable bonds is 3. The number of urea groups is 1. The fourth-order valence-electron chi connectivity index (χ4n) is 3.07. The third-order valence-corrected chi connectivity index (χ3v) is 4.70. The van der Waals surface area contributed by atoms with Crippen molar-refractivity contribution in [3.8, 4) is 5.75 Å². The Hall–Kier alpha value is -2.53. The highest BCUT2D eigenvalue weighted by Crippen LogP contribution is 2.31. The lowest BCUT2D eigenvalue weighted by molar-refractivity contribution is 0.0277. The Morgan fingerprint density at radius 1 is 1.08 bits per heavy atom. The van der Waals surface area contributed by atoms with Crippen molar-refractivity contribution in [2.75, 3.05) is 13.1 Å². The van der Waals surface area contributed by atoms with E-state index in [0.717, 1.165) is 11.3 Å². The molecule has 0 radical (unpaired) electrons. The Morgan fingerprint density at radius 2 is 1.80 bits per heavy atom. The zero-order chi connectivity index (χ0) is 17.2. The van der Waals surface area contributed by atoms with Gasteiger partial charge in [-0.05, 0) is 29.8 Å². The highest BCUT2D eigenvalue weighted by molar-refractivity contribution is 6.30. The van der Waals surface area contributed by atoms with Gasteiger partial charge < -0.3 is 9.64 Å². The molecule has 2 aliphatic heterocycles. The van der Waals surface area contributed by atoms with Crippen molar-refractivity contribution < 1.29 is 9.53 Å². The first kappa shape index (κ1) is 16.0. The van der Waals surface area contributed by atoms with Gasteiger partial charge in [-0.3, -0.25) is 0 Å². The van der Waals surface area contributed by atoms with Crippen LogP contribution in [-0.2, 0) is 0 Å². The summed E-state index contributed by atoms with van der Waals surface area (Å²) in [6.45, 7) is 1.15. The summed E-state index contributed by atoms with van der Waals surface area (Å²) in [7, 11) is 0. The van der Waals surface area contributed by atoms with Crippen LogP contribution < -0.4 is 4.74 Å². The minimum absolute atomic E-state index is 0.0342. The van der Waals surface area contributed by atoms with Gasteiger partial charge in [-0.2, -0.15) is 5.10 Å². The topological polar surface area (TPSA) is 45.1 Å². The summed E-state index contributed by atoms with van der Waals surface area (Å²) < 4.78 is 5.85. The first-order valence-electron chi connectivity index (χ1n) is 8.28. The third kappa shape index (κ3) is 3.33. The number of amides is 2. The average Bonchev–Trinajstić information content (AvgIpc) is 3.08. The van der Waals surface area contributed by atoms with Crippen LogP contribution in [0.4, 0.5) is 4.79 Å². The highest BCUT2D eigenvalue weighted by atomic mass is 35.5. The summed E-state index contributed by atoms with van der Waals surface area (Å²) in [5.41, 5.74) is 1.04. The molecule has 1 unspecified atom stereocenters. The highest BCUT2D eigenvalue weighted by Gasteiger charge is 2.38. The molecule has 0 bridgehead atoms. The molecule has 2 heterocycles. The number of nitrogens with zero attached hydrogens (tertiary/aromatic N) is 3. The van der Waals surface area contributed by atoms with Gasteiger partial charge in [0.25, 0.3) is 0 Å². The van der Waals surface area contributed by atoms with Gasteiger partial charge >= 0.3 is 6.03 Å². The molecule has 1 atom stereocenters. The summed E-state index contributed by atoms with van der Waals surface area (Å²) in [6.07, 6.45) is 2.53. The molecule has 2 aromatic rings. The molecular formula is C19H18ClN3O2. The van der Waals surface area contributed by atoms with Crippen LogP contribution in [0.2, 0.25) is 5.02 Å². The number of halogens is 1. The maximum absolute atomic E-state index is 12.7. The summed E-state index contributed by atoms with van der Waals surface area (Å²) in [6, 6.07) is 17.1. The number of hydrazone groups is 1. The second-order valence-corrected chi connectivity index (χ2v) is 6.62. The van der Waals surface area contributed by atoms with Gasteiger partial charge in [0, 0.05) is 17.7 Å². The van der Waals surface area contributed by atoms with Gasteiger partial charge in [0.2, 0.25) is 0 Å². The van der Waals surface area contributed by atoms with E-state index in [1.54, 1.807) is 16.1 Å². The zero-order valence-corrected chi connectivity index (χ0v) is 14.3. The van der Waals surface area contributed by atoms with Crippen molar-refractivity contribution in [1.29, 1.82) is 0 Å². The quantitative estimate of drug-likeness (QED) is 0.836. The Morgan fingerprint density at radius 3 is 2.52 bits per heavy atom. The minimum Gasteiger partial charge on any atom is -0.487 e. The van der Waals surface area contributed by atoms with Crippen LogP contribution in [0.1, 0.15) is 18.0 Å². The number of carbonyl (C=O) groups excluding carboxylic acids is 1. The molecule has 0 aliphatic carbocycles. The van der Waals surface area contributed by atoms with E-state index in [-0.39, 0.29) is 18.2 Å². The predicted molar refractivity (Wildman–Crippen MR) is 97.0 cm³/mol. The minimum atomic E-state index is -0.0818. The molecule has 2 aliphatic rings. The molecule has 0 N–H and O–H groups in total. The Bertz CT molecular complexity index is 773. The maximum Gasteiger partial charge on any atom is 0.341 e. The predicted octanol–water partition coefficient (Wildman–Crippen LogP) is 3.96. The van der Waals surface area contributed by atoms with Gasteiger partial charge in [0.15, 0.2) is 0 Å². The molecule has 5 nitrogen and oxygen atoms in total. The smallest absolute Gasteiger partial charge is 0.341 e. The largest absolute Gasteiger partial charge is 0.487 e. The van der Waals surface area contributed by atoms with Crippen molar-refractivity contribution in [3.05, 3.63) is 65.2 Å². The van der Waals surface area contributed by atoms with E-state index in [1.807, 2.05) is 54.6 Å². The number of likely N-dealkylation sites (tertiary alicyclic amines) is 1. The number of hydrogen-bond acceptors (Lipinski definition) is 3. The number of benzene rings is 2. The first-order chi connectivity index (χ1) is 12.2. The van der Waals surface area contributed by atoms with E-state index in [4.69, 9.17) is 16.3 Å². The average molecular weight is 356 g/mol. The van der Waals surface area contributed by atoms with Crippen LogP contribution in [-0.4, -0.2) is 41.3 Å². The van der Waals surface area contributed by atoms with E-state index < -0.39 is 0 Å². The van der Waals surface area contributed by atoms with Crippen LogP contribution in [0.25, 0.3) is 0 Å². The normalized spacial score (nSPS) is 19.8. The van der Waals surface area contributed by atoms with Crippen molar-refractivity contribution in [3.63, 3.8) is 0 Å². The number of carbonyl (C=O) groups is 1. The molecule has 6 heteroatoms.